The third-order valence-electron chi connectivity index (χ3n) is 3.56. The lowest BCUT2D eigenvalue weighted by Crippen LogP contribution is -2.36. The quantitative estimate of drug-likeness (QED) is 0.587. The van der Waals surface area contributed by atoms with E-state index in [0.717, 1.165) is 34.7 Å². The Labute approximate surface area is 154 Å². The van der Waals surface area contributed by atoms with Crippen LogP contribution in [0.3, 0.4) is 0 Å². The Morgan fingerprint density at radius 3 is 2.68 bits per heavy atom. The number of anilines is 1. The lowest BCUT2D eigenvalue weighted by atomic mass is 10.2. The summed E-state index contributed by atoms with van der Waals surface area (Å²) in [6, 6.07) is 6.00. The minimum absolute atomic E-state index is 0.460. The van der Waals surface area contributed by atoms with Crippen LogP contribution in [-0.2, 0) is 13.1 Å². The molecule has 0 atom stereocenters. The molecule has 0 bridgehead atoms. The first-order valence-electron chi connectivity index (χ1n) is 8.59. The molecule has 2 aromatic heterocycles. The summed E-state index contributed by atoms with van der Waals surface area (Å²) in [6.45, 7) is 8.40. The molecule has 6 nitrogen and oxygen atoms in total. The van der Waals surface area contributed by atoms with Crippen LogP contribution in [0.25, 0.3) is 0 Å². The third kappa shape index (κ3) is 6.01. The average molecular weight is 361 g/mol. The number of rotatable bonds is 7. The molecule has 0 saturated carbocycles. The molecule has 2 heterocycles. The molecule has 2 aromatic rings. The van der Waals surface area contributed by atoms with E-state index in [1.54, 1.807) is 11.3 Å². The van der Waals surface area contributed by atoms with Gasteiger partial charge in [0.15, 0.2) is 5.96 Å². The van der Waals surface area contributed by atoms with Crippen LogP contribution in [0.5, 0.6) is 0 Å². The minimum atomic E-state index is 0.460. The highest BCUT2D eigenvalue weighted by atomic mass is 32.1. The molecule has 0 saturated heterocycles. The van der Waals surface area contributed by atoms with Gasteiger partial charge in [-0.25, -0.2) is 15.0 Å². The van der Waals surface area contributed by atoms with E-state index in [1.165, 1.54) is 0 Å². The first-order chi connectivity index (χ1) is 12.0. The van der Waals surface area contributed by atoms with Gasteiger partial charge in [-0.05, 0) is 25.0 Å². The van der Waals surface area contributed by atoms with Crippen molar-refractivity contribution >= 4 is 23.1 Å². The van der Waals surface area contributed by atoms with E-state index in [9.17, 15) is 0 Å². The second kappa shape index (κ2) is 9.36. The van der Waals surface area contributed by atoms with Gasteiger partial charge in [-0.1, -0.05) is 19.9 Å². The molecule has 2 N–H and O–H groups in total. The van der Waals surface area contributed by atoms with Crippen LogP contribution in [0, 0.1) is 0 Å². The summed E-state index contributed by atoms with van der Waals surface area (Å²) >= 11 is 1.68. The largest absolute Gasteiger partial charge is 0.363 e. The second-order valence-electron chi connectivity index (χ2n) is 6.25. The molecule has 0 unspecified atom stereocenters. The molecule has 0 aliphatic heterocycles. The Bertz CT molecular complexity index is 692. The van der Waals surface area contributed by atoms with Gasteiger partial charge in [0.05, 0.1) is 24.5 Å². The summed E-state index contributed by atoms with van der Waals surface area (Å²) in [7, 11) is 3.97. The summed E-state index contributed by atoms with van der Waals surface area (Å²) in [5.41, 5.74) is 2.09. The van der Waals surface area contributed by atoms with Crippen molar-refractivity contribution in [2.45, 2.75) is 39.8 Å². The number of hydrogen-bond donors (Lipinski definition) is 2. The predicted molar refractivity (Wildman–Crippen MR) is 106 cm³/mol. The van der Waals surface area contributed by atoms with E-state index in [1.807, 2.05) is 37.2 Å². The minimum Gasteiger partial charge on any atom is -0.363 e. The molecule has 25 heavy (non-hydrogen) atoms. The maximum absolute atomic E-state index is 4.65. The zero-order chi connectivity index (χ0) is 18.2. The van der Waals surface area contributed by atoms with Crippen molar-refractivity contribution in [1.29, 1.82) is 0 Å². The molecule has 0 spiro atoms. The van der Waals surface area contributed by atoms with Gasteiger partial charge in [0.1, 0.15) is 10.8 Å². The molecule has 0 amide bonds. The monoisotopic (exact) mass is 360 g/mol. The van der Waals surface area contributed by atoms with Crippen molar-refractivity contribution in [3.63, 3.8) is 0 Å². The average Bonchev–Trinajstić information content (AvgIpc) is 3.07. The Morgan fingerprint density at radius 1 is 1.24 bits per heavy atom. The number of pyridine rings is 1. The molecule has 0 radical (unpaired) electrons. The van der Waals surface area contributed by atoms with Crippen LogP contribution in [0.15, 0.2) is 28.6 Å². The maximum atomic E-state index is 4.65. The Balaban J connectivity index is 1.98. The Hall–Kier alpha value is -2.15. The lowest BCUT2D eigenvalue weighted by molar-refractivity contribution is 0.786. The molecule has 0 aliphatic carbocycles. The van der Waals surface area contributed by atoms with E-state index < -0.39 is 0 Å². The van der Waals surface area contributed by atoms with Gasteiger partial charge in [-0.3, -0.25) is 0 Å². The zero-order valence-corrected chi connectivity index (χ0v) is 16.5. The van der Waals surface area contributed by atoms with Gasteiger partial charge in [0.2, 0.25) is 0 Å². The van der Waals surface area contributed by atoms with Crippen LogP contribution in [0.1, 0.15) is 43.1 Å². The number of hydrogen-bond acceptors (Lipinski definition) is 5. The Morgan fingerprint density at radius 2 is 2.04 bits per heavy atom. The standard InChI is InChI=1S/C18H28N6S/c1-6-19-18(21-11-17-23-15(12-25-17)13(2)3)20-10-14-8-7-9-16(22-14)24(4)5/h7-9,12-13H,6,10-11H2,1-5H3,(H2,19,20,21). The van der Waals surface area contributed by atoms with Crippen LogP contribution in [-0.4, -0.2) is 36.6 Å². The van der Waals surface area contributed by atoms with Crippen LogP contribution in [0.2, 0.25) is 0 Å². The molecule has 136 valence electrons. The molecular weight excluding hydrogens is 332 g/mol. The van der Waals surface area contributed by atoms with Crippen LogP contribution < -0.4 is 15.5 Å². The number of nitrogens with one attached hydrogen (secondary N) is 2. The predicted octanol–water partition coefficient (Wildman–Crippen LogP) is 2.98. The maximum Gasteiger partial charge on any atom is 0.191 e. The molecule has 0 fully saturated rings. The second-order valence-corrected chi connectivity index (χ2v) is 7.19. The fraction of sp³-hybridized carbons (Fsp3) is 0.500. The van der Waals surface area contributed by atoms with Gasteiger partial charge in [-0.15, -0.1) is 11.3 Å². The van der Waals surface area contributed by atoms with E-state index >= 15 is 0 Å². The van der Waals surface area contributed by atoms with Gasteiger partial charge < -0.3 is 15.5 Å². The molecule has 0 aromatic carbocycles. The van der Waals surface area contributed by atoms with Gasteiger partial charge in [0, 0.05) is 26.0 Å². The number of aliphatic imine (C=N–C) groups is 1. The zero-order valence-electron chi connectivity index (χ0n) is 15.7. The normalized spacial score (nSPS) is 11.7. The van der Waals surface area contributed by atoms with Crippen molar-refractivity contribution in [1.82, 2.24) is 20.6 Å². The lowest BCUT2D eigenvalue weighted by Gasteiger charge is -2.12. The van der Waals surface area contributed by atoms with Gasteiger partial charge in [-0.2, -0.15) is 0 Å². The molecule has 2 rings (SSSR count). The molecule has 7 heteroatoms. The van der Waals surface area contributed by atoms with E-state index in [-0.39, 0.29) is 0 Å². The van der Waals surface area contributed by atoms with E-state index in [0.29, 0.717) is 19.0 Å². The molecular formula is C18H28N6S. The highest BCUT2D eigenvalue weighted by Gasteiger charge is 2.06. The third-order valence-corrected chi connectivity index (χ3v) is 4.43. The highest BCUT2D eigenvalue weighted by Crippen LogP contribution is 2.17. The van der Waals surface area contributed by atoms with Crippen molar-refractivity contribution in [2.24, 2.45) is 4.99 Å². The summed E-state index contributed by atoms with van der Waals surface area (Å²) in [6.07, 6.45) is 0. The van der Waals surface area contributed by atoms with E-state index in [4.69, 9.17) is 0 Å². The number of thiazole rings is 1. The van der Waals surface area contributed by atoms with Gasteiger partial charge >= 0.3 is 0 Å². The smallest absolute Gasteiger partial charge is 0.191 e. The number of guanidine groups is 1. The first-order valence-corrected chi connectivity index (χ1v) is 9.47. The SMILES string of the molecule is CCNC(=NCc1cccc(N(C)C)n1)NCc1nc(C(C)C)cs1. The van der Waals surface area contributed by atoms with Crippen LogP contribution >= 0.6 is 11.3 Å². The number of aromatic nitrogens is 2. The summed E-state index contributed by atoms with van der Waals surface area (Å²) < 4.78 is 0. The number of nitrogens with zero attached hydrogens (tertiary/aromatic N) is 4. The Kier molecular flexibility index (Phi) is 7.18. The van der Waals surface area contributed by atoms with Crippen molar-refractivity contribution < 1.29 is 0 Å². The fourth-order valence-electron chi connectivity index (χ4n) is 2.14. The highest BCUT2D eigenvalue weighted by molar-refractivity contribution is 7.09. The van der Waals surface area contributed by atoms with Crippen molar-refractivity contribution in [3.8, 4) is 0 Å². The topological polar surface area (TPSA) is 65.4 Å². The summed E-state index contributed by atoms with van der Waals surface area (Å²) in [5.74, 6) is 2.18. The first kappa shape index (κ1) is 19.2. The fourth-order valence-corrected chi connectivity index (χ4v) is 3.03. The van der Waals surface area contributed by atoms with Crippen LogP contribution in [0.4, 0.5) is 5.82 Å². The van der Waals surface area contributed by atoms with E-state index in [2.05, 4.69) is 51.7 Å². The van der Waals surface area contributed by atoms with Crippen molar-refractivity contribution in [2.75, 3.05) is 25.5 Å². The summed E-state index contributed by atoms with van der Waals surface area (Å²) in [5, 5.41) is 9.81. The van der Waals surface area contributed by atoms with Crippen molar-refractivity contribution in [3.05, 3.63) is 40.0 Å². The molecule has 0 aliphatic rings. The van der Waals surface area contributed by atoms with Gasteiger partial charge in [0.25, 0.3) is 0 Å². The summed E-state index contributed by atoms with van der Waals surface area (Å²) in [4.78, 5) is 15.9.